The van der Waals surface area contributed by atoms with Crippen molar-refractivity contribution < 1.29 is 23.9 Å². The van der Waals surface area contributed by atoms with Gasteiger partial charge in [0.05, 0.1) is 11.1 Å². The summed E-state index contributed by atoms with van der Waals surface area (Å²) in [6.45, 7) is -0.0358. The zero-order valence-corrected chi connectivity index (χ0v) is 18.1. The van der Waals surface area contributed by atoms with Gasteiger partial charge in [0.2, 0.25) is 0 Å². The predicted molar refractivity (Wildman–Crippen MR) is 124 cm³/mol. The Bertz CT molecular complexity index is 1180. The lowest BCUT2D eigenvalue weighted by Crippen LogP contribution is -2.30. The topological polar surface area (TPSA) is 92.8 Å². The number of ether oxygens (including phenoxy) is 1. The number of hydrogen-bond donors (Lipinski definition) is 1. The van der Waals surface area contributed by atoms with E-state index in [2.05, 4.69) is 5.32 Å². The van der Waals surface area contributed by atoms with Gasteiger partial charge in [0, 0.05) is 24.0 Å². The molecule has 0 fully saturated rings. The molecule has 0 spiro atoms. The van der Waals surface area contributed by atoms with Gasteiger partial charge in [-0.25, -0.2) is 0 Å². The van der Waals surface area contributed by atoms with Crippen LogP contribution in [0.4, 0.5) is 5.69 Å². The molecule has 1 N–H and O–H groups in total. The van der Waals surface area contributed by atoms with Gasteiger partial charge in [0.15, 0.2) is 6.61 Å². The smallest absolute Gasteiger partial charge is 0.306 e. The summed E-state index contributed by atoms with van der Waals surface area (Å²) in [5, 5.41) is 4.70. The van der Waals surface area contributed by atoms with E-state index in [0.29, 0.717) is 42.6 Å². The first kappa shape index (κ1) is 22.2. The molecule has 0 saturated carbocycles. The number of fused-ring (bicyclic) bond motifs is 2. The van der Waals surface area contributed by atoms with E-state index in [1.807, 2.05) is 36.4 Å². The van der Waals surface area contributed by atoms with Gasteiger partial charge < -0.3 is 10.1 Å². The Morgan fingerprint density at radius 3 is 2.21 bits per heavy atom. The second-order valence-electron chi connectivity index (χ2n) is 7.85. The van der Waals surface area contributed by atoms with Crippen molar-refractivity contribution in [2.45, 2.75) is 25.7 Å². The van der Waals surface area contributed by atoms with Crippen LogP contribution >= 0.6 is 0 Å². The van der Waals surface area contributed by atoms with E-state index in [9.17, 15) is 19.2 Å². The van der Waals surface area contributed by atoms with Crippen LogP contribution in [0, 0.1) is 0 Å². The van der Waals surface area contributed by atoms with Gasteiger partial charge in [-0.3, -0.25) is 24.1 Å². The number of anilines is 1. The zero-order valence-electron chi connectivity index (χ0n) is 18.1. The van der Waals surface area contributed by atoms with Crippen molar-refractivity contribution in [2.24, 2.45) is 0 Å². The van der Waals surface area contributed by atoms with E-state index in [0.717, 1.165) is 10.8 Å². The second-order valence-corrected chi connectivity index (χ2v) is 7.85. The van der Waals surface area contributed by atoms with Crippen LogP contribution in [0.1, 0.15) is 46.4 Å². The van der Waals surface area contributed by atoms with Crippen molar-refractivity contribution in [1.82, 2.24) is 4.90 Å². The maximum Gasteiger partial charge on any atom is 0.306 e. The van der Waals surface area contributed by atoms with Crippen LogP contribution in [0.5, 0.6) is 0 Å². The van der Waals surface area contributed by atoms with Crippen molar-refractivity contribution in [2.75, 3.05) is 18.5 Å². The molecule has 4 rings (SSSR count). The highest BCUT2D eigenvalue weighted by atomic mass is 16.5. The fourth-order valence-corrected chi connectivity index (χ4v) is 3.90. The third-order valence-electron chi connectivity index (χ3n) is 5.57. The number of carbonyl (C=O) groups excluding carboxylic acids is 4. The first-order valence-electron chi connectivity index (χ1n) is 10.9. The Morgan fingerprint density at radius 2 is 1.45 bits per heavy atom. The highest BCUT2D eigenvalue weighted by molar-refractivity contribution is 6.21. The summed E-state index contributed by atoms with van der Waals surface area (Å²) in [6, 6.07) is 20.1. The minimum Gasteiger partial charge on any atom is -0.456 e. The maximum absolute atomic E-state index is 12.3. The lowest BCUT2D eigenvalue weighted by molar-refractivity contribution is -0.147. The van der Waals surface area contributed by atoms with E-state index in [4.69, 9.17) is 4.74 Å². The monoisotopic (exact) mass is 444 g/mol. The van der Waals surface area contributed by atoms with Crippen LogP contribution in [-0.2, 0) is 14.3 Å². The average molecular weight is 444 g/mol. The van der Waals surface area contributed by atoms with Crippen LogP contribution in [0.3, 0.4) is 0 Å². The molecule has 0 aromatic heterocycles. The van der Waals surface area contributed by atoms with Crippen molar-refractivity contribution in [3.63, 3.8) is 0 Å². The van der Waals surface area contributed by atoms with Crippen LogP contribution in [-0.4, -0.2) is 41.7 Å². The van der Waals surface area contributed by atoms with Crippen LogP contribution < -0.4 is 5.32 Å². The summed E-state index contributed by atoms with van der Waals surface area (Å²) >= 11 is 0. The molecule has 0 unspecified atom stereocenters. The summed E-state index contributed by atoms with van der Waals surface area (Å²) in [5.74, 6) is -1.39. The Labute approximate surface area is 191 Å². The first-order chi connectivity index (χ1) is 16.0. The van der Waals surface area contributed by atoms with E-state index >= 15 is 0 Å². The quantitative estimate of drug-likeness (QED) is 0.304. The molecular formula is C26H24N2O5. The van der Waals surface area contributed by atoms with Gasteiger partial charge in [-0.1, -0.05) is 55.0 Å². The largest absolute Gasteiger partial charge is 0.456 e. The molecule has 0 bridgehead atoms. The minimum absolute atomic E-state index is 0.170. The van der Waals surface area contributed by atoms with E-state index in [1.54, 1.807) is 30.3 Å². The lowest BCUT2D eigenvalue weighted by atomic mass is 10.1. The highest BCUT2D eigenvalue weighted by Crippen LogP contribution is 2.24. The Morgan fingerprint density at radius 1 is 0.788 bits per heavy atom. The van der Waals surface area contributed by atoms with Gasteiger partial charge in [-0.15, -0.1) is 0 Å². The molecule has 0 aliphatic carbocycles. The van der Waals surface area contributed by atoms with Gasteiger partial charge in [0.25, 0.3) is 17.7 Å². The zero-order chi connectivity index (χ0) is 23.2. The highest BCUT2D eigenvalue weighted by Gasteiger charge is 2.34. The van der Waals surface area contributed by atoms with Crippen molar-refractivity contribution in [3.05, 3.63) is 77.9 Å². The normalized spacial score (nSPS) is 12.7. The number of rotatable bonds is 9. The van der Waals surface area contributed by atoms with Crippen molar-refractivity contribution >= 4 is 40.2 Å². The number of benzene rings is 3. The number of esters is 1. The van der Waals surface area contributed by atoms with Gasteiger partial charge in [-0.2, -0.15) is 0 Å². The van der Waals surface area contributed by atoms with Gasteiger partial charge in [0.1, 0.15) is 0 Å². The molecule has 1 aliphatic heterocycles. The summed E-state index contributed by atoms with van der Waals surface area (Å²) in [7, 11) is 0. The minimum atomic E-state index is -0.455. The molecule has 168 valence electrons. The van der Waals surface area contributed by atoms with E-state index < -0.39 is 11.9 Å². The summed E-state index contributed by atoms with van der Waals surface area (Å²) < 4.78 is 5.07. The number of hydrogen-bond acceptors (Lipinski definition) is 5. The third kappa shape index (κ3) is 5.09. The standard InChI is InChI=1S/C26H24N2O5/c29-23(27-22-14-8-10-18-9-3-4-11-19(18)22)17-33-24(30)15-2-1-7-16-28-25(31)20-12-5-6-13-21(20)26(28)32/h3-6,8-14H,1-2,7,15-17H2,(H,27,29). The summed E-state index contributed by atoms with van der Waals surface area (Å²) in [6.07, 6.45) is 1.97. The lowest BCUT2D eigenvalue weighted by Gasteiger charge is -2.13. The molecule has 7 heteroatoms. The van der Waals surface area contributed by atoms with Gasteiger partial charge in [-0.05, 0) is 36.4 Å². The van der Waals surface area contributed by atoms with Crippen molar-refractivity contribution in [3.8, 4) is 0 Å². The number of imide groups is 1. The Balaban J connectivity index is 1.14. The molecule has 0 saturated heterocycles. The molecule has 7 nitrogen and oxygen atoms in total. The van der Waals surface area contributed by atoms with E-state index in [1.165, 1.54) is 4.90 Å². The first-order valence-corrected chi connectivity index (χ1v) is 10.9. The Kier molecular flexibility index (Phi) is 6.78. The molecule has 3 aromatic rings. The number of nitrogens with one attached hydrogen (secondary N) is 1. The number of unbranched alkanes of at least 4 members (excludes halogenated alkanes) is 2. The predicted octanol–water partition coefficient (Wildman–Crippen LogP) is 4.18. The molecule has 3 amide bonds. The molecule has 0 atom stereocenters. The number of nitrogens with zero attached hydrogens (tertiary/aromatic N) is 1. The van der Waals surface area contributed by atoms with Crippen LogP contribution in [0.15, 0.2) is 66.7 Å². The Hall–Kier alpha value is -4.00. The summed E-state index contributed by atoms with van der Waals surface area (Å²) in [5.41, 5.74) is 1.54. The number of amides is 3. The van der Waals surface area contributed by atoms with Crippen molar-refractivity contribution in [1.29, 1.82) is 0 Å². The fourth-order valence-electron chi connectivity index (χ4n) is 3.90. The average Bonchev–Trinajstić information content (AvgIpc) is 3.08. The molecule has 1 aliphatic rings. The second kappa shape index (κ2) is 10.1. The van der Waals surface area contributed by atoms with Crippen LogP contribution in [0.2, 0.25) is 0 Å². The van der Waals surface area contributed by atoms with Crippen LogP contribution in [0.25, 0.3) is 10.8 Å². The maximum atomic E-state index is 12.3. The fraction of sp³-hybridized carbons (Fsp3) is 0.231. The number of carbonyl (C=O) groups is 4. The SMILES string of the molecule is O=C(COC(=O)CCCCCN1C(=O)c2ccccc2C1=O)Nc1cccc2ccccc12. The molecule has 33 heavy (non-hydrogen) atoms. The molecule has 3 aromatic carbocycles. The van der Waals surface area contributed by atoms with E-state index in [-0.39, 0.29) is 24.8 Å². The third-order valence-corrected chi connectivity index (χ3v) is 5.57. The van der Waals surface area contributed by atoms with Gasteiger partial charge >= 0.3 is 5.97 Å². The summed E-state index contributed by atoms with van der Waals surface area (Å²) in [4.78, 5) is 50.0. The molecular weight excluding hydrogens is 420 g/mol. The molecule has 1 heterocycles. The molecule has 0 radical (unpaired) electrons.